The van der Waals surface area contributed by atoms with Crippen LogP contribution in [0, 0.1) is 0 Å². The van der Waals surface area contributed by atoms with Crippen LogP contribution in [-0.2, 0) is 8.58 Å². The standard InChI is InChI=1S/C8H14NO2.Al.ClH/c1-6(4-7(2)10)9-5-8(3)11;;/h4,8H,5H2,1-3H3,(H,9,10);;1H/q-1;+3;/p-2. The molecule has 0 amide bonds. The van der Waals surface area contributed by atoms with Gasteiger partial charge in [-0.1, -0.05) is 0 Å². The zero-order chi connectivity index (χ0) is 10.0. The maximum Gasteiger partial charge on any atom is 0.759 e. The van der Waals surface area contributed by atoms with Crippen LogP contribution in [0.5, 0.6) is 0 Å². The molecule has 1 saturated heterocycles. The van der Waals surface area contributed by atoms with Crippen LogP contribution in [0.3, 0.4) is 0 Å². The molecule has 1 unspecified atom stereocenters. The van der Waals surface area contributed by atoms with Gasteiger partial charge in [0.05, 0.1) is 0 Å². The van der Waals surface area contributed by atoms with E-state index in [1.165, 1.54) is 6.92 Å². The summed E-state index contributed by atoms with van der Waals surface area (Å²) in [6.45, 7) is 6.22. The zero-order valence-corrected chi connectivity index (χ0v) is 9.99. The van der Waals surface area contributed by atoms with Gasteiger partial charge in [0.25, 0.3) is 0 Å². The predicted octanol–water partition coefficient (Wildman–Crippen LogP) is 1.42. The Morgan fingerprint density at radius 2 is 2.31 bits per heavy atom. The van der Waals surface area contributed by atoms with E-state index in [4.69, 9.17) is 13.8 Å². The van der Waals surface area contributed by atoms with E-state index in [0.717, 1.165) is 12.2 Å². The first-order valence-electron chi connectivity index (χ1n) is 4.25. The highest BCUT2D eigenvalue weighted by molar-refractivity contribution is 7.01. The Labute approximate surface area is 87.4 Å². The van der Waals surface area contributed by atoms with Crippen LogP contribution >= 0.6 is 10.0 Å². The number of rotatable bonds is 2. The number of hydrogen-bond acceptors (Lipinski definition) is 3. The SMILES string of the molecule is CC(=O)/C=C(/C)[N]1CC(C)[O][Al]1[Cl]. The van der Waals surface area contributed by atoms with Gasteiger partial charge in [-0.2, -0.15) is 10.0 Å². The molecule has 13 heavy (non-hydrogen) atoms. The molecular formula is C8H13AlClNO2. The highest BCUT2D eigenvalue weighted by atomic mass is 35.6. The number of hydrogen-bond donors (Lipinski definition) is 0. The smallest absolute Gasteiger partial charge is 0.467 e. The Morgan fingerprint density at radius 3 is 2.69 bits per heavy atom. The molecule has 0 aromatic carbocycles. The summed E-state index contributed by atoms with van der Waals surface area (Å²) in [5, 5.41) is 0. The highest BCUT2D eigenvalue weighted by Gasteiger charge is 2.39. The quantitative estimate of drug-likeness (QED) is 0.518. The molecular weight excluding hydrogens is 205 g/mol. The largest absolute Gasteiger partial charge is 0.759 e. The predicted molar refractivity (Wildman–Crippen MR) is 53.3 cm³/mol. The van der Waals surface area contributed by atoms with E-state index in [2.05, 4.69) is 0 Å². The van der Waals surface area contributed by atoms with Crippen LogP contribution in [-0.4, -0.2) is 36.1 Å². The summed E-state index contributed by atoms with van der Waals surface area (Å²) in [7, 11) is 6.04. The van der Waals surface area contributed by atoms with Crippen molar-refractivity contribution in [1.29, 1.82) is 0 Å². The summed E-state index contributed by atoms with van der Waals surface area (Å²) in [5.74, 6) is 0.0509. The van der Waals surface area contributed by atoms with Gasteiger partial charge in [0, 0.05) is 12.6 Å². The molecule has 3 nitrogen and oxygen atoms in total. The molecule has 0 saturated carbocycles. The third-order valence-electron chi connectivity index (χ3n) is 1.91. The van der Waals surface area contributed by atoms with Crippen molar-refractivity contribution in [2.75, 3.05) is 6.54 Å². The zero-order valence-electron chi connectivity index (χ0n) is 8.08. The second-order valence-electron chi connectivity index (χ2n) is 3.29. The Kier molecular flexibility index (Phi) is 3.81. The van der Waals surface area contributed by atoms with Gasteiger partial charge in [-0.05, 0) is 32.5 Å². The maximum atomic E-state index is 10.8. The summed E-state index contributed by atoms with van der Waals surface area (Å²) < 4.78 is 7.46. The van der Waals surface area contributed by atoms with Crippen LogP contribution < -0.4 is 0 Å². The van der Waals surface area contributed by atoms with Gasteiger partial charge in [0.15, 0.2) is 5.78 Å². The first-order valence-corrected chi connectivity index (χ1v) is 6.99. The van der Waals surface area contributed by atoms with Crippen LogP contribution in [0.25, 0.3) is 0 Å². The van der Waals surface area contributed by atoms with Gasteiger partial charge in [-0.3, -0.25) is 4.79 Å². The molecule has 1 aliphatic rings. The van der Waals surface area contributed by atoms with Crippen molar-refractivity contribution in [2.24, 2.45) is 0 Å². The van der Waals surface area contributed by atoms with Gasteiger partial charge >= 0.3 is 13.8 Å². The van der Waals surface area contributed by atoms with Gasteiger partial charge in [0.2, 0.25) is 0 Å². The Morgan fingerprint density at radius 1 is 1.69 bits per heavy atom. The Balaban J connectivity index is 2.67. The average Bonchev–Trinajstić information content (AvgIpc) is 2.28. The van der Waals surface area contributed by atoms with Gasteiger partial charge in [-0.15, -0.1) is 0 Å². The molecule has 0 aromatic rings. The normalized spacial score (nSPS) is 24.0. The van der Waals surface area contributed by atoms with Crippen molar-refractivity contribution in [3.05, 3.63) is 11.8 Å². The Bertz CT molecular complexity index is 244. The van der Waals surface area contributed by atoms with Crippen molar-refractivity contribution < 1.29 is 8.58 Å². The fourth-order valence-electron chi connectivity index (χ4n) is 1.35. The van der Waals surface area contributed by atoms with Crippen LogP contribution in [0.1, 0.15) is 20.8 Å². The van der Waals surface area contributed by atoms with E-state index in [1.54, 1.807) is 6.08 Å². The molecule has 0 aliphatic carbocycles. The molecule has 72 valence electrons. The van der Waals surface area contributed by atoms with Crippen molar-refractivity contribution in [1.82, 2.24) is 3.88 Å². The van der Waals surface area contributed by atoms with Crippen molar-refractivity contribution in [3.8, 4) is 0 Å². The van der Waals surface area contributed by atoms with Crippen molar-refractivity contribution in [3.63, 3.8) is 0 Å². The summed E-state index contributed by atoms with van der Waals surface area (Å²) in [4.78, 5) is 10.8. The summed E-state index contributed by atoms with van der Waals surface area (Å²) in [5.41, 5.74) is 0.920. The van der Waals surface area contributed by atoms with Gasteiger partial charge < -0.3 is 7.67 Å². The lowest BCUT2D eigenvalue weighted by Crippen LogP contribution is -2.28. The van der Waals surface area contributed by atoms with E-state index in [-0.39, 0.29) is 11.9 Å². The highest BCUT2D eigenvalue weighted by Crippen LogP contribution is 2.20. The molecule has 1 fully saturated rings. The fourth-order valence-corrected chi connectivity index (χ4v) is 4.05. The fraction of sp³-hybridized carbons (Fsp3) is 0.625. The average molecular weight is 218 g/mol. The first-order chi connectivity index (χ1) is 6.00. The molecule has 5 heteroatoms. The maximum absolute atomic E-state index is 10.8. The number of halogens is 1. The molecule has 0 aromatic heterocycles. The molecule has 1 aliphatic heterocycles. The number of ketones is 1. The Hall–Kier alpha value is -0.00753. The van der Waals surface area contributed by atoms with Crippen molar-refractivity contribution >= 4 is 29.6 Å². The molecule has 0 bridgehead atoms. The lowest BCUT2D eigenvalue weighted by Gasteiger charge is -2.18. The molecule has 1 heterocycles. The second-order valence-corrected chi connectivity index (χ2v) is 5.89. The molecule has 1 rings (SSSR count). The molecule has 0 radical (unpaired) electrons. The summed E-state index contributed by atoms with van der Waals surface area (Å²) in [6.07, 6.45) is 1.79. The summed E-state index contributed by atoms with van der Waals surface area (Å²) >= 11 is -1.75. The summed E-state index contributed by atoms with van der Waals surface area (Å²) in [6, 6.07) is 0. The lowest BCUT2D eigenvalue weighted by molar-refractivity contribution is -0.112. The van der Waals surface area contributed by atoms with Crippen LogP contribution in [0.15, 0.2) is 11.8 Å². The van der Waals surface area contributed by atoms with Gasteiger partial charge in [-0.25, -0.2) is 0 Å². The minimum atomic E-state index is -1.75. The molecule has 0 N–H and O–H groups in total. The van der Waals surface area contributed by atoms with E-state index in [1.807, 2.05) is 17.7 Å². The van der Waals surface area contributed by atoms with E-state index >= 15 is 0 Å². The topological polar surface area (TPSA) is 29.5 Å². The first kappa shape index (κ1) is 11.1. The second kappa shape index (κ2) is 4.48. The van der Waals surface area contributed by atoms with E-state index < -0.39 is 13.8 Å². The van der Waals surface area contributed by atoms with Crippen molar-refractivity contribution in [2.45, 2.75) is 26.9 Å². The third kappa shape index (κ3) is 3.00. The number of allylic oxidation sites excluding steroid dienone is 2. The molecule has 1 atom stereocenters. The van der Waals surface area contributed by atoms with Gasteiger partial charge in [0.1, 0.15) is 0 Å². The number of carbonyl (C=O) groups excluding carboxylic acids is 1. The minimum absolute atomic E-state index is 0.0509. The monoisotopic (exact) mass is 217 g/mol. The lowest BCUT2D eigenvalue weighted by atomic mass is 10.3. The minimum Gasteiger partial charge on any atom is -0.467 e. The number of nitrogens with zero attached hydrogens (tertiary/aromatic N) is 1. The van der Waals surface area contributed by atoms with E-state index in [9.17, 15) is 4.79 Å². The third-order valence-corrected chi connectivity index (χ3v) is 4.72. The van der Waals surface area contributed by atoms with Crippen LogP contribution in [0.4, 0.5) is 0 Å². The van der Waals surface area contributed by atoms with Crippen LogP contribution in [0.2, 0.25) is 0 Å². The molecule has 0 spiro atoms. The van der Waals surface area contributed by atoms with E-state index in [0.29, 0.717) is 0 Å². The number of carbonyl (C=O) groups is 1.